The Morgan fingerprint density at radius 1 is 1.06 bits per heavy atom. The Hall–Kier alpha value is -2.50. The highest BCUT2D eigenvalue weighted by Crippen LogP contribution is 2.30. The van der Waals surface area contributed by atoms with Gasteiger partial charge in [-0.2, -0.15) is 17.5 Å². The van der Waals surface area contributed by atoms with Gasteiger partial charge in [0.2, 0.25) is 15.9 Å². The Labute approximate surface area is 190 Å². The number of hydrogen-bond acceptors (Lipinski definition) is 4. The maximum absolute atomic E-state index is 13.4. The molecule has 1 saturated heterocycles. The van der Waals surface area contributed by atoms with Crippen LogP contribution in [-0.4, -0.2) is 67.7 Å². The molecule has 0 aliphatic carbocycles. The van der Waals surface area contributed by atoms with E-state index in [1.165, 1.54) is 21.3 Å². The first-order valence-corrected chi connectivity index (χ1v) is 11.7. The molecule has 3 rings (SSSR count). The fourth-order valence-electron chi connectivity index (χ4n) is 3.76. The van der Waals surface area contributed by atoms with Gasteiger partial charge in [0.15, 0.2) is 0 Å². The van der Waals surface area contributed by atoms with Crippen molar-refractivity contribution in [1.29, 1.82) is 0 Å². The van der Waals surface area contributed by atoms with E-state index in [-0.39, 0.29) is 36.3 Å². The van der Waals surface area contributed by atoms with E-state index in [0.29, 0.717) is 18.7 Å². The van der Waals surface area contributed by atoms with Crippen molar-refractivity contribution in [1.82, 2.24) is 14.1 Å². The van der Waals surface area contributed by atoms with Crippen LogP contribution in [0.3, 0.4) is 0 Å². The summed E-state index contributed by atoms with van der Waals surface area (Å²) in [6.07, 6.45) is -4.54. The van der Waals surface area contributed by atoms with Crippen LogP contribution in [0, 0.1) is 5.82 Å². The standard InChI is InChI=1S/C22H25F4N3O3S/c1-16(21(30)27(2)15-17-4-3-5-19(23)14-17)28-10-12-29(13-11-28)33(31,32)20-8-6-18(7-9-20)22(24,25)26/h3-9,14,16H,10-13,15H2,1-2H3. The second kappa shape index (κ2) is 9.78. The minimum atomic E-state index is -4.54. The van der Waals surface area contributed by atoms with Crippen molar-refractivity contribution in [3.05, 3.63) is 65.5 Å². The summed E-state index contributed by atoms with van der Waals surface area (Å²) in [6, 6.07) is 8.88. The van der Waals surface area contributed by atoms with Gasteiger partial charge in [0.1, 0.15) is 5.82 Å². The summed E-state index contributed by atoms with van der Waals surface area (Å²) in [5, 5.41) is 0. The first-order chi connectivity index (χ1) is 15.4. The average molecular weight is 488 g/mol. The zero-order valence-electron chi connectivity index (χ0n) is 18.2. The molecule has 0 N–H and O–H groups in total. The second-order valence-corrected chi connectivity index (χ2v) is 9.90. The highest BCUT2D eigenvalue weighted by molar-refractivity contribution is 7.89. The molecule has 1 aliphatic rings. The molecule has 180 valence electrons. The number of sulfonamides is 1. The summed E-state index contributed by atoms with van der Waals surface area (Å²) < 4.78 is 78.4. The van der Waals surface area contributed by atoms with E-state index in [9.17, 15) is 30.8 Å². The van der Waals surface area contributed by atoms with E-state index in [1.54, 1.807) is 26.1 Å². The summed E-state index contributed by atoms with van der Waals surface area (Å²) >= 11 is 0. The molecule has 6 nitrogen and oxygen atoms in total. The van der Waals surface area contributed by atoms with Crippen LogP contribution in [0.1, 0.15) is 18.1 Å². The summed E-state index contributed by atoms with van der Waals surface area (Å²) in [4.78, 5) is 15.9. The lowest BCUT2D eigenvalue weighted by atomic mass is 10.1. The second-order valence-electron chi connectivity index (χ2n) is 7.96. The van der Waals surface area contributed by atoms with Gasteiger partial charge < -0.3 is 4.90 Å². The summed E-state index contributed by atoms with van der Waals surface area (Å²) in [6.45, 7) is 2.76. The number of piperazine rings is 1. The molecular formula is C22H25F4N3O3S. The lowest BCUT2D eigenvalue weighted by molar-refractivity contribution is -0.138. The van der Waals surface area contributed by atoms with Crippen LogP contribution >= 0.6 is 0 Å². The Bertz CT molecular complexity index is 1080. The van der Waals surface area contributed by atoms with E-state index < -0.39 is 27.8 Å². The van der Waals surface area contributed by atoms with Crippen LogP contribution in [0.4, 0.5) is 17.6 Å². The topological polar surface area (TPSA) is 60.9 Å². The molecule has 0 spiro atoms. The molecule has 0 radical (unpaired) electrons. The summed E-state index contributed by atoms with van der Waals surface area (Å²) in [5.74, 6) is -0.565. The lowest BCUT2D eigenvalue weighted by Crippen LogP contribution is -2.54. The molecule has 33 heavy (non-hydrogen) atoms. The Morgan fingerprint density at radius 2 is 1.67 bits per heavy atom. The number of amides is 1. The van der Waals surface area contributed by atoms with E-state index >= 15 is 0 Å². The van der Waals surface area contributed by atoms with Crippen LogP contribution in [0.15, 0.2) is 53.4 Å². The number of hydrogen-bond donors (Lipinski definition) is 0. The van der Waals surface area contributed by atoms with E-state index in [4.69, 9.17) is 0 Å². The van der Waals surface area contributed by atoms with Crippen LogP contribution in [0.2, 0.25) is 0 Å². The van der Waals surface area contributed by atoms with Crippen LogP contribution in [0.5, 0.6) is 0 Å². The van der Waals surface area contributed by atoms with Crippen molar-refractivity contribution in [2.45, 2.75) is 30.6 Å². The third kappa shape index (κ3) is 5.90. The maximum atomic E-state index is 13.4. The van der Waals surface area contributed by atoms with E-state index in [0.717, 1.165) is 24.3 Å². The molecule has 2 aromatic carbocycles. The number of carbonyl (C=O) groups is 1. The first-order valence-electron chi connectivity index (χ1n) is 10.3. The number of halogens is 4. The third-order valence-electron chi connectivity index (χ3n) is 5.68. The zero-order chi connectivity index (χ0) is 24.4. The molecule has 1 unspecified atom stereocenters. The van der Waals surface area contributed by atoms with Crippen LogP contribution in [0.25, 0.3) is 0 Å². The first kappa shape index (κ1) is 25.1. The predicted octanol–water partition coefficient (Wildman–Crippen LogP) is 3.20. The van der Waals surface area contributed by atoms with Gasteiger partial charge >= 0.3 is 6.18 Å². The minimum Gasteiger partial charge on any atom is -0.340 e. The molecule has 1 atom stereocenters. The Balaban J connectivity index is 1.59. The van der Waals surface area contributed by atoms with Gasteiger partial charge in [-0.1, -0.05) is 12.1 Å². The zero-order valence-corrected chi connectivity index (χ0v) is 19.0. The molecule has 1 aliphatic heterocycles. The largest absolute Gasteiger partial charge is 0.416 e. The van der Waals surface area contributed by atoms with Crippen molar-refractivity contribution in [2.75, 3.05) is 33.2 Å². The fraction of sp³-hybridized carbons (Fsp3) is 0.409. The highest BCUT2D eigenvalue weighted by atomic mass is 32.2. The number of likely N-dealkylation sites (N-methyl/N-ethyl adjacent to an activating group) is 1. The van der Waals surface area contributed by atoms with Gasteiger partial charge in [0, 0.05) is 39.8 Å². The van der Waals surface area contributed by atoms with Gasteiger partial charge in [0.05, 0.1) is 16.5 Å². The van der Waals surface area contributed by atoms with E-state index in [1.807, 2.05) is 4.90 Å². The Morgan fingerprint density at radius 3 is 2.21 bits per heavy atom. The fourth-order valence-corrected chi connectivity index (χ4v) is 5.18. The molecule has 2 aromatic rings. The normalized spacial score (nSPS) is 17.0. The molecule has 11 heteroatoms. The van der Waals surface area contributed by atoms with Gasteiger partial charge in [-0.05, 0) is 48.9 Å². The number of benzene rings is 2. The molecule has 0 saturated carbocycles. The van der Waals surface area contributed by atoms with Crippen LogP contribution in [-0.2, 0) is 27.5 Å². The number of rotatable bonds is 6. The minimum absolute atomic E-state index is 0.106. The molecule has 1 heterocycles. The third-order valence-corrected chi connectivity index (χ3v) is 7.60. The van der Waals surface area contributed by atoms with Crippen molar-refractivity contribution >= 4 is 15.9 Å². The van der Waals surface area contributed by atoms with Crippen molar-refractivity contribution in [3.8, 4) is 0 Å². The molecular weight excluding hydrogens is 462 g/mol. The quantitative estimate of drug-likeness (QED) is 0.588. The van der Waals surface area contributed by atoms with Gasteiger partial charge in [-0.3, -0.25) is 9.69 Å². The molecule has 1 amide bonds. The van der Waals surface area contributed by atoms with Crippen LogP contribution < -0.4 is 0 Å². The number of carbonyl (C=O) groups excluding carboxylic acids is 1. The van der Waals surface area contributed by atoms with Crippen molar-refractivity contribution in [2.24, 2.45) is 0 Å². The lowest BCUT2D eigenvalue weighted by Gasteiger charge is -2.37. The van der Waals surface area contributed by atoms with Crippen molar-refractivity contribution in [3.63, 3.8) is 0 Å². The number of alkyl halides is 3. The van der Waals surface area contributed by atoms with Gasteiger partial charge in [0.25, 0.3) is 0 Å². The Kier molecular flexibility index (Phi) is 7.45. The molecule has 1 fully saturated rings. The number of nitrogens with zero attached hydrogens (tertiary/aromatic N) is 3. The molecule has 0 bridgehead atoms. The highest BCUT2D eigenvalue weighted by Gasteiger charge is 2.34. The van der Waals surface area contributed by atoms with Gasteiger partial charge in [-0.15, -0.1) is 0 Å². The van der Waals surface area contributed by atoms with Gasteiger partial charge in [-0.25, -0.2) is 12.8 Å². The van der Waals surface area contributed by atoms with E-state index in [2.05, 4.69) is 0 Å². The molecule has 0 aromatic heterocycles. The summed E-state index contributed by atoms with van der Waals surface area (Å²) in [7, 11) is -2.33. The monoisotopic (exact) mass is 487 g/mol. The summed E-state index contributed by atoms with van der Waals surface area (Å²) in [5.41, 5.74) is -0.258. The maximum Gasteiger partial charge on any atom is 0.416 e. The van der Waals surface area contributed by atoms with Crippen molar-refractivity contribution < 1.29 is 30.8 Å². The SMILES string of the molecule is CC(C(=O)N(C)Cc1cccc(F)c1)N1CCN(S(=O)(=O)c2ccc(C(F)(F)F)cc2)CC1. The average Bonchev–Trinajstić information content (AvgIpc) is 2.77. The predicted molar refractivity (Wildman–Crippen MR) is 114 cm³/mol. The smallest absolute Gasteiger partial charge is 0.340 e.